The van der Waals surface area contributed by atoms with Crippen LogP contribution in [0.1, 0.15) is 51.5 Å². The van der Waals surface area contributed by atoms with E-state index in [1.165, 1.54) is 37.7 Å². The molecule has 1 aromatic heterocycles. The van der Waals surface area contributed by atoms with Gasteiger partial charge in [0.1, 0.15) is 0 Å². The van der Waals surface area contributed by atoms with Gasteiger partial charge in [0.2, 0.25) is 0 Å². The number of nitrogens with zero attached hydrogens (tertiary/aromatic N) is 2. The minimum atomic E-state index is 0.213. The SMILES string of the molecule is CC1(C)CN(Cc2cccnc2)C2(CCCCC2)CN1. The van der Waals surface area contributed by atoms with Crippen molar-refractivity contribution in [3.63, 3.8) is 0 Å². The van der Waals surface area contributed by atoms with Crippen molar-refractivity contribution < 1.29 is 0 Å². The van der Waals surface area contributed by atoms with E-state index >= 15 is 0 Å². The standard InChI is InChI=1S/C17H27N3/c1-16(2)14-20(12-15-7-6-10-18-11-15)17(13-19-16)8-4-3-5-9-17/h6-7,10-11,19H,3-5,8-9,12-14H2,1-2H3. The molecule has 3 nitrogen and oxygen atoms in total. The van der Waals surface area contributed by atoms with Crippen molar-refractivity contribution in [2.45, 2.75) is 63.6 Å². The van der Waals surface area contributed by atoms with Crippen molar-refractivity contribution in [1.82, 2.24) is 15.2 Å². The van der Waals surface area contributed by atoms with Crippen LogP contribution in [0.25, 0.3) is 0 Å². The Kier molecular flexibility index (Phi) is 3.83. The fourth-order valence-electron chi connectivity index (χ4n) is 3.85. The molecule has 0 aromatic carbocycles. The van der Waals surface area contributed by atoms with Gasteiger partial charge in [0.05, 0.1) is 0 Å². The van der Waals surface area contributed by atoms with Crippen LogP contribution in [-0.4, -0.2) is 34.1 Å². The highest BCUT2D eigenvalue weighted by molar-refractivity contribution is 5.12. The largest absolute Gasteiger partial charge is 0.309 e. The molecule has 1 saturated heterocycles. The highest BCUT2D eigenvalue weighted by atomic mass is 15.3. The van der Waals surface area contributed by atoms with Gasteiger partial charge in [0, 0.05) is 43.1 Å². The van der Waals surface area contributed by atoms with E-state index in [-0.39, 0.29) is 5.54 Å². The van der Waals surface area contributed by atoms with Crippen molar-refractivity contribution in [2.75, 3.05) is 13.1 Å². The first-order valence-electron chi connectivity index (χ1n) is 7.99. The first-order valence-corrected chi connectivity index (χ1v) is 7.99. The number of rotatable bonds is 2. The lowest BCUT2D eigenvalue weighted by molar-refractivity contribution is -0.0161. The lowest BCUT2D eigenvalue weighted by Crippen LogP contribution is -2.68. The molecule has 0 amide bonds. The Hall–Kier alpha value is -0.930. The first kappa shape index (κ1) is 14.0. The summed E-state index contributed by atoms with van der Waals surface area (Å²) in [5, 5.41) is 3.78. The van der Waals surface area contributed by atoms with E-state index in [2.05, 4.69) is 41.2 Å². The molecule has 1 spiro atoms. The van der Waals surface area contributed by atoms with Crippen molar-refractivity contribution >= 4 is 0 Å². The Balaban J connectivity index is 1.81. The average Bonchev–Trinajstić information content (AvgIpc) is 2.46. The highest BCUT2D eigenvalue weighted by Gasteiger charge is 2.44. The predicted octanol–water partition coefficient (Wildman–Crippen LogP) is 2.97. The maximum atomic E-state index is 4.28. The second kappa shape index (κ2) is 5.45. The van der Waals surface area contributed by atoms with E-state index in [1.54, 1.807) is 0 Å². The van der Waals surface area contributed by atoms with Crippen molar-refractivity contribution in [1.29, 1.82) is 0 Å². The van der Waals surface area contributed by atoms with E-state index in [1.807, 2.05) is 12.4 Å². The lowest BCUT2D eigenvalue weighted by atomic mass is 9.76. The number of hydrogen-bond acceptors (Lipinski definition) is 3. The summed E-state index contributed by atoms with van der Waals surface area (Å²) in [4.78, 5) is 7.01. The van der Waals surface area contributed by atoms with Gasteiger partial charge in [0.25, 0.3) is 0 Å². The molecule has 2 aliphatic rings. The van der Waals surface area contributed by atoms with Gasteiger partial charge in [0.15, 0.2) is 0 Å². The summed E-state index contributed by atoms with van der Waals surface area (Å²) in [7, 11) is 0. The van der Waals surface area contributed by atoms with Crippen LogP contribution in [-0.2, 0) is 6.54 Å². The van der Waals surface area contributed by atoms with E-state index in [0.717, 1.165) is 19.6 Å². The summed E-state index contributed by atoms with van der Waals surface area (Å²) in [5.74, 6) is 0. The van der Waals surface area contributed by atoms with Crippen LogP contribution in [0, 0.1) is 0 Å². The summed E-state index contributed by atoms with van der Waals surface area (Å²) in [6.45, 7) is 7.94. The van der Waals surface area contributed by atoms with E-state index in [4.69, 9.17) is 0 Å². The number of pyridine rings is 1. The Labute approximate surface area is 122 Å². The monoisotopic (exact) mass is 273 g/mol. The predicted molar refractivity (Wildman–Crippen MR) is 82.5 cm³/mol. The molecule has 1 aliphatic heterocycles. The molecule has 2 fully saturated rings. The van der Waals surface area contributed by atoms with Gasteiger partial charge in [-0.25, -0.2) is 0 Å². The molecule has 3 heteroatoms. The van der Waals surface area contributed by atoms with Gasteiger partial charge >= 0.3 is 0 Å². The van der Waals surface area contributed by atoms with E-state index < -0.39 is 0 Å². The molecule has 2 heterocycles. The number of piperazine rings is 1. The molecule has 0 unspecified atom stereocenters. The van der Waals surface area contributed by atoms with Gasteiger partial charge in [-0.3, -0.25) is 9.88 Å². The van der Waals surface area contributed by atoms with Gasteiger partial charge in [-0.15, -0.1) is 0 Å². The molecular formula is C17H27N3. The molecule has 3 rings (SSSR count). The average molecular weight is 273 g/mol. The zero-order chi connectivity index (χ0) is 14.1. The number of hydrogen-bond donors (Lipinski definition) is 1. The second-order valence-corrected chi connectivity index (χ2v) is 7.24. The third kappa shape index (κ3) is 2.89. The molecule has 0 atom stereocenters. The maximum absolute atomic E-state index is 4.28. The Bertz CT molecular complexity index is 435. The number of aromatic nitrogens is 1. The third-order valence-corrected chi connectivity index (χ3v) is 5.03. The molecule has 0 radical (unpaired) electrons. The van der Waals surface area contributed by atoms with Crippen molar-refractivity contribution in [3.05, 3.63) is 30.1 Å². The zero-order valence-electron chi connectivity index (χ0n) is 12.9. The fourth-order valence-corrected chi connectivity index (χ4v) is 3.85. The Morgan fingerprint density at radius 2 is 2.05 bits per heavy atom. The lowest BCUT2D eigenvalue weighted by Gasteiger charge is -2.54. The molecular weight excluding hydrogens is 246 g/mol. The van der Waals surface area contributed by atoms with Crippen LogP contribution in [0.5, 0.6) is 0 Å². The van der Waals surface area contributed by atoms with Crippen LogP contribution in [0.15, 0.2) is 24.5 Å². The minimum absolute atomic E-state index is 0.213. The molecule has 1 N–H and O–H groups in total. The minimum Gasteiger partial charge on any atom is -0.309 e. The molecule has 0 bridgehead atoms. The van der Waals surface area contributed by atoms with Crippen LogP contribution >= 0.6 is 0 Å². The van der Waals surface area contributed by atoms with Crippen LogP contribution in [0.2, 0.25) is 0 Å². The van der Waals surface area contributed by atoms with Crippen molar-refractivity contribution in [3.8, 4) is 0 Å². The molecule has 1 saturated carbocycles. The normalized spacial score (nSPS) is 25.7. The zero-order valence-corrected chi connectivity index (χ0v) is 12.9. The molecule has 1 aromatic rings. The topological polar surface area (TPSA) is 28.2 Å². The Morgan fingerprint density at radius 3 is 2.75 bits per heavy atom. The second-order valence-electron chi connectivity index (χ2n) is 7.24. The van der Waals surface area contributed by atoms with Crippen LogP contribution in [0.3, 0.4) is 0 Å². The maximum Gasteiger partial charge on any atom is 0.0338 e. The molecule has 20 heavy (non-hydrogen) atoms. The third-order valence-electron chi connectivity index (χ3n) is 5.03. The van der Waals surface area contributed by atoms with Gasteiger partial charge in [-0.2, -0.15) is 0 Å². The Morgan fingerprint density at radius 1 is 1.25 bits per heavy atom. The summed E-state index contributed by atoms with van der Waals surface area (Å²) in [6, 6.07) is 4.26. The quantitative estimate of drug-likeness (QED) is 0.898. The summed E-state index contributed by atoms with van der Waals surface area (Å²) in [5.41, 5.74) is 1.93. The molecule has 110 valence electrons. The number of nitrogens with one attached hydrogen (secondary N) is 1. The van der Waals surface area contributed by atoms with Crippen LogP contribution in [0.4, 0.5) is 0 Å². The van der Waals surface area contributed by atoms with Gasteiger partial charge in [-0.05, 0) is 38.3 Å². The van der Waals surface area contributed by atoms with Gasteiger partial charge in [-0.1, -0.05) is 25.3 Å². The molecule has 1 aliphatic carbocycles. The smallest absolute Gasteiger partial charge is 0.0338 e. The fraction of sp³-hybridized carbons (Fsp3) is 0.706. The van der Waals surface area contributed by atoms with E-state index in [9.17, 15) is 0 Å². The first-order chi connectivity index (χ1) is 9.60. The summed E-state index contributed by atoms with van der Waals surface area (Å²) >= 11 is 0. The van der Waals surface area contributed by atoms with Crippen LogP contribution < -0.4 is 5.32 Å². The van der Waals surface area contributed by atoms with Crippen molar-refractivity contribution in [2.24, 2.45) is 0 Å². The van der Waals surface area contributed by atoms with Gasteiger partial charge < -0.3 is 5.32 Å². The summed E-state index contributed by atoms with van der Waals surface area (Å²) in [6.07, 6.45) is 10.7. The highest BCUT2D eigenvalue weighted by Crippen LogP contribution is 2.37. The van der Waals surface area contributed by atoms with E-state index in [0.29, 0.717) is 5.54 Å². The summed E-state index contributed by atoms with van der Waals surface area (Å²) < 4.78 is 0.